The maximum absolute atomic E-state index is 13.4. The van der Waals surface area contributed by atoms with Crippen molar-refractivity contribution in [3.05, 3.63) is 64.9 Å². The SMILES string of the molecule is CC(C)(C)NC(=O)C1(NC(=O)c2ccccn2)CCCC(c2ccc(Cl)cc2)C1. The summed E-state index contributed by atoms with van der Waals surface area (Å²) in [4.78, 5) is 30.4. The Morgan fingerprint density at radius 3 is 2.48 bits per heavy atom. The molecule has 6 heteroatoms. The van der Waals surface area contributed by atoms with Gasteiger partial charge in [-0.3, -0.25) is 14.6 Å². The van der Waals surface area contributed by atoms with Crippen molar-refractivity contribution in [2.24, 2.45) is 0 Å². The van der Waals surface area contributed by atoms with Crippen LogP contribution >= 0.6 is 11.6 Å². The van der Waals surface area contributed by atoms with Crippen molar-refractivity contribution < 1.29 is 9.59 Å². The Hall–Kier alpha value is -2.40. The largest absolute Gasteiger partial charge is 0.349 e. The fraction of sp³-hybridized carbons (Fsp3) is 0.435. The number of hydrogen-bond donors (Lipinski definition) is 2. The number of hydrogen-bond acceptors (Lipinski definition) is 3. The number of nitrogens with one attached hydrogen (secondary N) is 2. The maximum Gasteiger partial charge on any atom is 0.270 e. The summed E-state index contributed by atoms with van der Waals surface area (Å²) < 4.78 is 0. The first-order chi connectivity index (χ1) is 13.7. The van der Waals surface area contributed by atoms with Gasteiger partial charge in [-0.2, -0.15) is 0 Å². The van der Waals surface area contributed by atoms with Crippen LogP contribution in [0.3, 0.4) is 0 Å². The van der Waals surface area contributed by atoms with Gasteiger partial charge in [0, 0.05) is 16.8 Å². The summed E-state index contributed by atoms with van der Waals surface area (Å²) in [6.07, 6.45) is 4.51. The molecule has 29 heavy (non-hydrogen) atoms. The third kappa shape index (κ3) is 5.36. The average molecular weight is 414 g/mol. The van der Waals surface area contributed by atoms with Crippen molar-refractivity contribution in [2.45, 2.75) is 63.5 Å². The molecule has 1 aliphatic carbocycles. The Kier molecular flexibility index (Phi) is 6.27. The second-order valence-electron chi connectivity index (χ2n) is 8.80. The molecule has 1 saturated carbocycles. The van der Waals surface area contributed by atoms with Crippen LogP contribution in [0.15, 0.2) is 48.7 Å². The van der Waals surface area contributed by atoms with Gasteiger partial charge >= 0.3 is 0 Å². The highest BCUT2D eigenvalue weighted by atomic mass is 35.5. The highest BCUT2D eigenvalue weighted by Crippen LogP contribution is 2.39. The van der Waals surface area contributed by atoms with Crippen molar-refractivity contribution in [1.82, 2.24) is 15.6 Å². The van der Waals surface area contributed by atoms with Crippen molar-refractivity contribution >= 4 is 23.4 Å². The van der Waals surface area contributed by atoms with Gasteiger partial charge in [-0.25, -0.2) is 0 Å². The molecule has 2 N–H and O–H groups in total. The first-order valence-electron chi connectivity index (χ1n) is 10.0. The number of benzene rings is 1. The fourth-order valence-corrected chi connectivity index (χ4v) is 4.04. The Morgan fingerprint density at radius 1 is 1.14 bits per heavy atom. The van der Waals surface area contributed by atoms with Crippen molar-refractivity contribution in [1.29, 1.82) is 0 Å². The number of carbonyl (C=O) groups is 2. The normalized spacial score (nSPS) is 22.0. The summed E-state index contributed by atoms with van der Waals surface area (Å²) in [6.45, 7) is 5.83. The number of aromatic nitrogens is 1. The molecule has 0 bridgehead atoms. The molecule has 2 unspecified atom stereocenters. The number of pyridine rings is 1. The van der Waals surface area contributed by atoms with Crippen LogP contribution in [0.25, 0.3) is 0 Å². The van der Waals surface area contributed by atoms with Crippen LogP contribution in [-0.4, -0.2) is 27.9 Å². The van der Waals surface area contributed by atoms with E-state index in [1.54, 1.807) is 24.4 Å². The van der Waals surface area contributed by atoms with Gasteiger partial charge < -0.3 is 10.6 Å². The highest BCUT2D eigenvalue weighted by molar-refractivity contribution is 6.30. The van der Waals surface area contributed by atoms with Crippen molar-refractivity contribution in [2.75, 3.05) is 0 Å². The number of carbonyl (C=O) groups excluding carboxylic acids is 2. The van der Waals surface area contributed by atoms with Gasteiger partial charge in [-0.15, -0.1) is 0 Å². The van der Waals surface area contributed by atoms with Gasteiger partial charge in [-0.1, -0.05) is 29.8 Å². The lowest BCUT2D eigenvalue weighted by atomic mass is 9.72. The third-order valence-corrected chi connectivity index (χ3v) is 5.52. The van der Waals surface area contributed by atoms with E-state index in [1.165, 1.54) is 0 Å². The van der Waals surface area contributed by atoms with Crippen LogP contribution in [0, 0.1) is 0 Å². The molecule has 1 aromatic carbocycles. The molecule has 0 aliphatic heterocycles. The molecule has 2 amide bonds. The van der Waals surface area contributed by atoms with E-state index in [4.69, 9.17) is 11.6 Å². The molecule has 3 rings (SSSR count). The number of rotatable bonds is 4. The first kappa shape index (κ1) is 21.3. The van der Waals surface area contributed by atoms with Crippen molar-refractivity contribution in [3.8, 4) is 0 Å². The lowest BCUT2D eigenvalue weighted by molar-refractivity contribution is -0.130. The van der Waals surface area contributed by atoms with E-state index >= 15 is 0 Å². The maximum atomic E-state index is 13.4. The molecule has 2 aromatic rings. The van der Waals surface area contributed by atoms with Crippen LogP contribution in [0.4, 0.5) is 0 Å². The Morgan fingerprint density at radius 2 is 1.86 bits per heavy atom. The second kappa shape index (κ2) is 8.54. The standard InChI is InChI=1S/C23H28ClN3O2/c1-22(2,3)27-21(29)23(26-20(28)19-8-4-5-14-25-19)13-6-7-17(15-23)16-9-11-18(24)12-10-16/h4-5,8-12,14,17H,6-7,13,15H2,1-3H3,(H,26,28)(H,27,29). The predicted octanol–water partition coefficient (Wildman–Crippen LogP) is 4.48. The molecule has 1 heterocycles. The molecule has 1 aliphatic rings. The molecule has 0 spiro atoms. The van der Waals surface area contributed by atoms with Gasteiger partial charge in [0.2, 0.25) is 5.91 Å². The van der Waals surface area contributed by atoms with Crippen LogP contribution in [0.2, 0.25) is 5.02 Å². The van der Waals surface area contributed by atoms with Crippen LogP contribution in [0.1, 0.15) is 68.4 Å². The minimum absolute atomic E-state index is 0.145. The number of amides is 2. The summed E-state index contributed by atoms with van der Waals surface area (Å²) in [5.41, 5.74) is 0.0652. The van der Waals surface area contributed by atoms with E-state index in [-0.39, 0.29) is 17.7 Å². The van der Waals surface area contributed by atoms with Gasteiger partial charge in [-0.05, 0) is 82.2 Å². The molecule has 1 fully saturated rings. The average Bonchev–Trinajstić information content (AvgIpc) is 2.68. The zero-order valence-electron chi connectivity index (χ0n) is 17.2. The second-order valence-corrected chi connectivity index (χ2v) is 9.24. The van der Waals surface area contributed by atoms with E-state index in [0.29, 0.717) is 23.6 Å². The monoisotopic (exact) mass is 413 g/mol. The lowest BCUT2D eigenvalue weighted by Gasteiger charge is -2.42. The minimum atomic E-state index is -0.982. The van der Waals surface area contributed by atoms with Gasteiger partial charge in [0.25, 0.3) is 5.91 Å². The third-order valence-electron chi connectivity index (χ3n) is 5.27. The van der Waals surface area contributed by atoms with E-state index < -0.39 is 11.1 Å². The molecule has 0 saturated heterocycles. The molecular formula is C23H28ClN3O2. The molecule has 0 radical (unpaired) electrons. The van der Waals surface area contributed by atoms with E-state index in [9.17, 15) is 9.59 Å². The topological polar surface area (TPSA) is 71.1 Å². The van der Waals surface area contributed by atoms with Gasteiger partial charge in [0.15, 0.2) is 0 Å². The summed E-state index contributed by atoms with van der Waals surface area (Å²) >= 11 is 6.04. The zero-order chi connectivity index (χ0) is 21.1. The number of nitrogens with zero attached hydrogens (tertiary/aromatic N) is 1. The zero-order valence-corrected chi connectivity index (χ0v) is 17.9. The quantitative estimate of drug-likeness (QED) is 0.776. The minimum Gasteiger partial charge on any atom is -0.349 e. The van der Waals surface area contributed by atoms with Crippen molar-refractivity contribution in [3.63, 3.8) is 0 Å². The molecule has 154 valence electrons. The van der Waals surface area contributed by atoms with Gasteiger partial charge in [0.1, 0.15) is 11.2 Å². The molecule has 5 nitrogen and oxygen atoms in total. The molecular weight excluding hydrogens is 386 g/mol. The molecule has 2 atom stereocenters. The summed E-state index contributed by atoms with van der Waals surface area (Å²) in [5, 5.41) is 6.80. The van der Waals surface area contributed by atoms with Crippen LogP contribution in [-0.2, 0) is 4.79 Å². The lowest BCUT2D eigenvalue weighted by Crippen LogP contribution is -2.63. The molecule has 1 aromatic heterocycles. The number of halogens is 1. The Balaban J connectivity index is 1.90. The van der Waals surface area contributed by atoms with Crippen LogP contribution in [0.5, 0.6) is 0 Å². The Labute approximate surface area is 177 Å². The van der Waals surface area contributed by atoms with E-state index in [0.717, 1.165) is 18.4 Å². The summed E-state index contributed by atoms with van der Waals surface area (Å²) in [6, 6.07) is 12.9. The van der Waals surface area contributed by atoms with E-state index in [2.05, 4.69) is 15.6 Å². The smallest absolute Gasteiger partial charge is 0.270 e. The summed E-state index contributed by atoms with van der Waals surface area (Å²) in [5.74, 6) is -0.310. The van der Waals surface area contributed by atoms with Crippen LogP contribution < -0.4 is 10.6 Å². The Bertz CT molecular complexity index is 862. The highest BCUT2D eigenvalue weighted by Gasteiger charge is 2.45. The first-order valence-corrected chi connectivity index (χ1v) is 10.4. The predicted molar refractivity (Wildman–Crippen MR) is 115 cm³/mol. The summed E-state index contributed by atoms with van der Waals surface area (Å²) in [7, 11) is 0. The fourth-order valence-electron chi connectivity index (χ4n) is 3.91. The van der Waals surface area contributed by atoms with E-state index in [1.807, 2.05) is 45.0 Å². The van der Waals surface area contributed by atoms with Gasteiger partial charge in [0.05, 0.1) is 0 Å².